The molecule has 0 radical (unpaired) electrons. The summed E-state index contributed by atoms with van der Waals surface area (Å²) in [4.78, 5) is 9.62. The summed E-state index contributed by atoms with van der Waals surface area (Å²) >= 11 is 1.08. The molecule has 0 saturated heterocycles. The van der Waals surface area contributed by atoms with Crippen LogP contribution in [0.3, 0.4) is 0 Å². The number of para-hydroxylation sites is 1. The first-order valence-electron chi connectivity index (χ1n) is 4.80. The van der Waals surface area contributed by atoms with Crippen molar-refractivity contribution in [1.29, 1.82) is 0 Å². The van der Waals surface area contributed by atoms with Crippen molar-refractivity contribution in [2.75, 3.05) is 10.8 Å². The van der Waals surface area contributed by atoms with Gasteiger partial charge in [-0.25, -0.2) is 0 Å². The van der Waals surface area contributed by atoms with Crippen LogP contribution in [-0.4, -0.2) is 10.6 Å². The molecule has 1 aromatic carbocycles. The highest BCUT2D eigenvalue weighted by molar-refractivity contribution is 8.56. The first-order valence-corrected chi connectivity index (χ1v) is 8.05. The van der Waals surface area contributed by atoms with Crippen molar-refractivity contribution in [3.63, 3.8) is 0 Å². The predicted octanol–water partition coefficient (Wildman–Crippen LogP) is 3.59. The van der Waals surface area contributed by atoms with Gasteiger partial charge in [-0.2, -0.15) is 0 Å². The fourth-order valence-electron chi connectivity index (χ4n) is 0.958. The molecule has 3 nitrogen and oxygen atoms in total. The molecule has 1 unspecified atom stereocenters. The zero-order valence-electron chi connectivity index (χ0n) is 8.88. The van der Waals surface area contributed by atoms with Gasteiger partial charge in [0, 0.05) is 11.4 Å². The van der Waals surface area contributed by atoms with Gasteiger partial charge < -0.3 is 9.98 Å². The Bertz CT molecular complexity index is 343. The summed E-state index contributed by atoms with van der Waals surface area (Å²) in [6.07, 6.45) is 0. The van der Waals surface area contributed by atoms with E-state index in [2.05, 4.69) is 5.09 Å². The number of hydrogen-bond acceptors (Lipinski definition) is 2. The quantitative estimate of drug-likeness (QED) is 0.778. The molecule has 0 heterocycles. The highest BCUT2D eigenvalue weighted by Gasteiger charge is 2.18. The first kappa shape index (κ1) is 12.6. The molecule has 0 bridgehead atoms. The summed E-state index contributed by atoms with van der Waals surface area (Å²) < 4.78 is 11.7. The average molecular weight is 245 g/mol. The zero-order valence-corrected chi connectivity index (χ0v) is 10.6. The van der Waals surface area contributed by atoms with Crippen LogP contribution in [0.1, 0.15) is 13.8 Å². The van der Waals surface area contributed by atoms with E-state index in [0.29, 0.717) is 17.4 Å². The van der Waals surface area contributed by atoms with Crippen LogP contribution >= 0.6 is 18.1 Å². The van der Waals surface area contributed by atoms with Gasteiger partial charge in [-0.1, -0.05) is 32.0 Å². The lowest BCUT2D eigenvalue weighted by Crippen LogP contribution is -1.96. The molecule has 0 aliphatic rings. The lowest BCUT2D eigenvalue weighted by atomic mass is 10.3. The molecule has 15 heavy (non-hydrogen) atoms. The Morgan fingerprint density at radius 3 is 2.53 bits per heavy atom. The standard InChI is InChI=1S/C10H16NO2PS/c1-9(2)8-15-14(12,13)11-10-6-4-3-5-7-10/h3-7,9H,8H2,1-2H3,(H2,11,12,13). The van der Waals surface area contributed by atoms with Gasteiger partial charge in [0.2, 0.25) is 0 Å². The van der Waals surface area contributed by atoms with Crippen molar-refractivity contribution in [1.82, 2.24) is 0 Å². The summed E-state index contributed by atoms with van der Waals surface area (Å²) in [6.45, 7) is 0.745. The molecule has 0 saturated carbocycles. The molecule has 0 spiro atoms. The molecule has 1 aromatic rings. The topological polar surface area (TPSA) is 49.3 Å². The molecule has 0 aliphatic heterocycles. The van der Waals surface area contributed by atoms with Crippen molar-refractivity contribution in [3.8, 4) is 0 Å². The van der Waals surface area contributed by atoms with Gasteiger partial charge in [0.25, 0.3) is 0 Å². The molecule has 0 aromatic heterocycles. The van der Waals surface area contributed by atoms with E-state index in [9.17, 15) is 9.46 Å². The SMILES string of the molecule is CC(C)CSP(=O)(O)Nc1ccccc1. The van der Waals surface area contributed by atoms with Crippen LogP contribution in [0.4, 0.5) is 5.69 Å². The second-order valence-electron chi connectivity index (χ2n) is 3.69. The summed E-state index contributed by atoms with van der Waals surface area (Å²) in [5, 5.41) is 2.65. The van der Waals surface area contributed by atoms with E-state index < -0.39 is 6.72 Å². The minimum atomic E-state index is -3.30. The lowest BCUT2D eigenvalue weighted by Gasteiger charge is -2.14. The van der Waals surface area contributed by atoms with E-state index in [0.717, 1.165) is 11.4 Å². The molecule has 1 atom stereocenters. The first-order chi connectivity index (χ1) is 6.99. The van der Waals surface area contributed by atoms with Crippen LogP contribution in [0.5, 0.6) is 0 Å². The molecular weight excluding hydrogens is 229 g/mol. The number of nitrogens with one attached hydrogen (secondary N) is 1. The molecule has 0 aliphatic carbocycles. The van der Waals surface area contributed by atoms with E-state index >= 15 is 0 Å². The van der Waals surface area contributed by atoms with Crippen LogP contribution < -0.4 is 5.09 Å². The number of hydrogen-bond donors (Lipinski definition) is 2. The van der Waals surface area contributed by atoms with Crippen molar-refractivity contribution in [2.24, 2.45) is 5.92 Å². The van der Waals surface area contributed by atoms with Crippen molar-refractivity contribution in [3.05, 3.63) is 30.3 Å². The highest BCUT2D eigenvalue weighted by atomic mass is 32.7. The second-order valence-corrected chi connectivity index (χ2v) is 7.80. The lowest BCUT2D eigenvalue weighted by molar-refractivity contribution is 0.502. The van der Waals surface area contributed by atoms with E-state index in [1.807, 2.05) is 32.0 Å². The van der Waals surface area contributed by atoms with Gasteiger partial charge in [-0.15, -0.1) is 0 Å². The third-order valence-electron chi connectivity index (χ3n) is 1.63. The second kappa shape index (κ2) is 5.59. The number of anilines is 1. The van der Waals surface area contributed by atoms with E-state index in [1.165, 1.54) is 0 Å². The van der Waals surface area contributed by atoms with E-state index in [-0.39, 0.29) is 0 Å². The molecular formula is C10H16NO2PS. The molecule has 0 amide bonds. The third kappa shape index (κ3) is 5.26. The predicted molar refractivity (Wildman–Crippen MR) is 67.2 cm³/mol. The van der Waals surface area contributed by atoms with Crippen LogP contribution in [-0.2, 0) is 4.57 Å². The fourth-order valence-corrected chi connectivity index (χ4v) is 4.01. The Labute approximate surface area is 94.5 Å². The minimum Gasteiger partial charge on any atom is -0.321 e. The fraction of sp³-hybridized carbons (Fsp3) is 0.400. The normalized spacial score (nSPS) is 14.9. The van der Waals surface area contributed by atoms with Gasteiger partial charge in [0.15, 0.2) is 0 Å². The average Bonchev–Trinajstić information content (AvgIpc) is 2.16. The molecule has 84 valence electrons. The van der Waals surface area contributed by atoms with Gasteiger partial charge in [0.1, 0.15) is 0 Å². The van der Waals surface area contributed by atoms with Gasteiger partial charge in [-0.3, -0.25) is 4.57 Å². The minimum absolute atomic E-state index is 0.410. The Morgan fingerprint density at radius 1 is 1.40 bits per heavy atom. The maximum atomic E-state index is 11.7. The summed E-state index contributed by atoms with van der Waals surface area (Å²) in [7, 11) is 0. The van der Waals surface area contributed by atoms with Crippen molar-refractivity contribution >= 4 is 23.8 Å². The van der Waals surface area contributed by atoms with E-state index in [4.69, 9.17) is 0 Å². The smallest absolute Gasteiger partial charge is 0.321 e. The van der Waals surface area contributed by atoms with Gasteiger partial charge in [-0.05, 0) is 29.4 Å². The summed E-state index contributed by atoms with van der Waals surface area (Å²) in [5.41, 5.74) is 0.680. The Balaban J connectivity index is 2.53. The summed E-state index contributed by atoms with van der Waals surface area (Å²) in [5.74, 6) is 1.08. The maximum Gasteiger partial charge on any atom is 0.348 e. The zero-order chi connectivity index (χ0) is 11.3. The molecule has 1 rings (SSSR count). The highest BCUT2D eigenvalue weighted by Crippen LogP contribution is 2.54. The third-order valence-corrected chi connectivity index (χ3v) is 5.10. The largest absolute Gasteiger partial charge is 0.348 e. The Morgan fingerprint density at radius 2 is 2.00 bits per heavy atom. The number of rotatable bonds is 5. The molecule has 2 N–H and O–H groups in total. The van der Waals surface area contributed by atoms with Gasteiger partial charge in [0.05, 0.1) is 0 Å². The van der Waals surface area contributed by atoms with Crippen LogP contribution in [0.15, 0.2) is 30.3 Å². The monoisotopic (exact) mass is 245 g/mol. The van der Waals surface area contributed by atoms with Crippen LogP contribution in [0.25, 0.3) is 0 Å². The van der Waals surface area contributed by atoms with E-state index in [1.54, 1.807) is 12.1 Å². The van der Waals surface area contributed by atoms with Crippen LogP contribution in [0, 0.1) is 5.92 Å². The van der Waals surface area contributed by atoms with Crippen LogP contribution in [0.2, 0.25) is 0 Å². The van der Waals surface area contributed by atoms with Crippen molar-refractivity contribution in [2.45, 2.75) is 13.8 Å². The maximum absolute atomic E-state index is 11.7. The van der Waals surface area contributed by atoms with Gasteiger partial charge >= 0.3 is 6.72 Å². The van der Waals surface area contributed by atoms with Crippen molar-refractivity contribution < 1.29 is 9.46 Å². The Hall–Kier alpha value is -0.440. The molecule has 0 fully saturated rings. The summed E-state index contributed by atoms with van der Waals surface area (Å²) in [6, 6.07) is 9.08. The number of benzene rings is 1. The Kier molecular flexibility index (Phi) is 4.71. The molecule has 5 heteroatoms.